The van der Waals surface area contributed by atoms with E-state index in [1.165, 1.54) is 0 Å². The maximum absolute atomic E-state index is 12.2. The number of benzene rings is 1. The first-order valence-electron chi connectivity index (χ1n) is 7.24. The number of amides is 2. The van der Waals surface area contributed by atoms with E-state index in [0.717, 1.165) is 17.1 Å². The first-order valence-corrected chi connectivity index (χ1v) is 7.24. The summed E-state index contributed by atoms with van der Waals surface area (Å²) < 4.78 is 1.87. The van der Waals surface area contributed by atoms with Crippen LogP contribution >= 0.6 is 0 Å². The maximum Gasteiger partial charge on any atom is 0.251 e. The molecule has 6 heteroatoms. The lowest BCUT2D eigenvalue weighted by Gasteiger charge is -2.27. The average Bonchev–Trinajstić information content (AvgIpc) is 2.91. The van der Waals surface area contributed by atoms with Crippen molar-refractivity contribution in [1.82, 2.24) is 15.1 Å². The summed E-state index contributed by atoms with van der Waals surface area (Å²) in [5, 5.41) is 6.99. The number of aromatic nitrogens is 2. The summed E-state index contributed by atoms with van der Waals surface area (Å²) in [7, 11) is 1.60. The molecule has 114 valence electrons. The van der Waals surface area contributed by atoms with Crippen LogP contribution in [0.1, 0.15) is 28.0 Å². The summed E-state index contributed by atoms with van der Waals surface area (Å²) in [6.07, 6.45) is 0.463. The van der Waals surface area contributed by atoms with Crippen LogP contribution < -0.4 is 10.2 Å². The Hall–Kier alpha value is -2.63. The van der Waals surface area contributed by atoms with Crippen LogP contribution in [-0.2, 0) is 17.9 Å². The number of hydrogen-bond donors (Lipinski definition) is 1. The molecule has 0 aliphatic carbocycles. The number of hydrogen-bond acceptors (Lipinski definition) is 3. The van der Waals surface area contributed by atoms with Crippen molar-refractivity contribution in [1.29, 1.82) is 0 Å². The molecule has 2 aromatic rings. The van der Waals surface area contributed by atoms with Crippen LogP contribution in [0.5, 0.6) is 0 Å². The quantitative estimate of drug-likeness (QED) is 0.933. The van der Waals surface area contributed by atoms with Gasteiger partial charge in [0.05, 0.1) is 18.8 Å². The summed E-state index contributed by atoms with van der Waals surface area (Å²) in [4.78, 5) is 25.5. The smallest absolute Gasteiger partial charge is 0.251 e. The summed E-state index contributed by atoms with van der Waals surface area (Å²) in [6.45, 7) is 3.04. The lowest BCUT2D eigenvalue weighted by Crippen LogP contribution is -2.36. The lowest BCUT2D eigenvalue weighted by atomic mass is 10.1. The summed E-state index contributed by atoms with van der Waals surface area (Å²) >= 11 is 0. The number of carbonyl (C=O) groups excluding carboxylic acids is 2. The molecule has 3 rings (SSSR count). The van der Waals surface area contributed by atoms with Gasteiger partial charge in [0.2, 0.25) is 5.91 Å². The van der Waals surface area contributed by atoms with Gasteiger partial charge in [-0.3, -0.25) is 14.5 Å². The predicted molar refractivity (Wildman–Crippen MR) is 82.6 cm³/mol. The second-order valence-corrected chi connectivity index (χ2v) is 5.37. The molecular formula is C16H18N4O2. The Balaban J connectivity index is 1.83. The zero-order chi connectivity index (χ0) is 15.7. The Labute approximate surface area is 128 Å². The van der Waals surface area contributed by atoms with Crippen molar-refractivity contribution in [2.24, 2.45) is 0 Å². The predicted octanol–water partition coefficient (Wildman–Crippen LogP) is 1.49. The van der Waals surface area contributed by atoms with E-state index in [1.54, 1.807) is 24.1 Å². The van der Waals surface area contributed by atoms with Gasteiger partial charge in [-0.2, -0.15) is 5.10 Å². The van der Waals surface area contributed by atoms with E-state index in [-0.39, 0.29) is 11.8 Å². The average molecular weight is 298 g/mol. The third kappa shape index (κ3) is 2.59. The molecule has 0 bridgehead atoms. The molecule has 0 saturated carbocycles. The lowest BCUT2D eigenvalue weighted by molar-refractivity contribution is -0.119. The molecule has 0 fully saturated rings. The number of rotatable bonds is 3. The highest BCUT2D eigenvalue weighted by molar-refractivity contribution is 5.94. The second-order valence-electron chi connectivity index (χ2n) is 5.37. The van der Waals surface area contributed by atoms with E-state index < -0.39 is 0 Å². The minimum atomic E-state index is -0.116. The molecule has 2 amide bonds. The summed E-state index contributed by atoms with van der Waals surface area (Å²) in [5.41, 5.74) is 2.50. The van der Waals surface area contributed by atoms with E-state index in [1.807, 2.05) is 29.8 Å². The number of anilines is 1. The Bertz CT molecular complexity index is 718. The van der Waals surface area contributed by atoms with E-state index in [9.17, 15) is 9.59 Å². The topological polar surface area (TPSA) is 67.2 Å². The van der Waals surface area contributed by atoms with Crippen LogP contribution in [-0.4, -0.2) is 28.6 Å². The third-order valence-electron chi connectivity index (χ3n) is 3.78. The number of fused-ring (bicyclic) bond motifs is 1. The number of nitrogens with zero attached hydrogens (tertiary/aromatic N) is 3. The minimum Gasteiger partial charge on any atom is -0.355 e. The highest BCUT2D eigenvalue weighted by Gasteiger charge is 2.25. The van der Waals surface area contributed by atoms with Crippen molar-refractivity contribution in [2.75, 3.05) is 11.9 Å². The molecule has 0 spiro atoms. The van der Waals surface area contributed by atoms with Gasteiger partial charge in [0.1, 0.15) is 5.82 Å². The van der Waals surface area contributed by atoms with Gasteiger partial charge < -0.3 is 5.32 Å². The fraction of sp³-hybridized carbons (Fsp3) is 0.312. The van der Waals surface area contributed by atoms with E-state index in [0.29, 0.717) is 25.1 Å². The molecule has 0 saturated heterocycles. The van der Waals surface area contributed by atoms with Gasteiger partial charge in [-0.1, -0.05) is 12.1 Å². The molecule has 1 N–H and O–H groups in total. The van der Waals surface area contributed by atoms with Crippen LogP contribution in [0, 0.1) is 6.92 Å². The molecule has 0 radical (unpaired) electrons. The molecule has 22 heavy (non-hydrogen) atoms. The molecule has 1 aromatic heterocycles. The molecule has 0 unspecified atom stereocenters. The standard InChI is InChI=1S/C16H18N4O2/c1-11-9-14-19(15(21)7-8-20(14)18-11)10-12-3-5-13(6-4-12)16(22)17-2/h3-6,9H,7-8,10H2,1-2H3,(H,17,22). The first kappa shape index (κ1) is 14.3. The number of nitrogens with one attached hydrogen (secondary N) is 1. The summed E-state index contributed by atoms with van der Waals surface area (Å²) in [6, 6.07) is 9.21. The molecular weight excluding hydrogens is 280 g/mol. The van der Waals surface area contributed by atoms with Crippen molar-refractivity contribution < 1.29 is 9.59 Å². The van der Waals surface area contributed by atoms with Crippen molar-refractivity contribution in [2.45, 2.75) is 26.4 Å². The Morgan fingerprint density at radius 3 is 2.73 bits per heavy atom. The number of aryl methyl sites for hydroxylation is 2. The van der Waals surface area contributed by atoms with Gasteiger partial charge >= 0.3 is 0 Å². The van der Waals surface area contributed by atoms with Crippen molar-refractivity contribution in [3.63, 3.8) is 0 Å². The van der Waals surface area contributed by atoms with Crippen molar-refractivity contribution >= 4 is 17.6 Å². The van der Waals surface area contributed by atoms with Crippen LogP contribution in [0.4, 0.5) is 5.82 Å². The van der Waals surface area contributed by atoms with Gasteiger partial charge in [-0.15, -0.1) is 0 Å². The molecule has 2 heterocycles. The zero-order valence-electron chi connectivity index (χ0n) is 12.7. The van der Waals surface area contributed by atoms with Gasteiger partial charge in [0, 0.05) is 25.1 Å². The maximum atomic E-state index is 12.2. The number of carbonyl (C=O) groups is 2. The van der Waals surface area contributed by atoms with Gasteiger partial charge in [-0.25, -0.2) is 4.68 Å². The van der Waals surface area contributed by atoms with Crippen LogP contribution in [0.3, 0.4) is 0 Å². The van der Waals surface area contributed by atoms with Crippen LogP contribution in [0.25, 0.3) is 0 Å². The molecule has 1 aliphatic heterocycles. The second kappa shape index (κ2) is 5.63. The molecule has 0 atom stereocenters. The van der Waals surface area contributed by atoms with Gasteiger partial charge in [0.25, 0.3) is 5.91 Å². The van der Waals surface area contributed by atoms with Crippen LogP contribution in [0.15, 0.2) is 30.3 Å². The SMILES string of the molecule is CNC(=O)c1ccc(CN2C(=O)CCn3nc(C)cc32)cc1. The largest absolute Gasteiger partial charge is 0.355 e. The monoisotopic (exact) mass is 298 g/mol. The molecule has 1 aliphatic rings. The van der Waals surface area contributed by atoms with E-state index in [2.05, 4.69) is 10.4 Å². The van der Waals surface area contributed by atoms with E-state index >= 15 is 0 Å². The first-order chi connectivity index (χ1) is 10.6. The third-order valence-corrected chi connectivity index (χ3v) is 3.78. The fourth-order valence-corrected chi connectivity index (χ4v) is 2.64. The van der Waals surface area contributed by atoms with E-state index in [4.69, 9.17) is 0 Å². The van der Waals surface area contributed by atoms with Gasteiger partial charge in [-0.05, 0) is 24.6 Å². The summed E-state index contributed by atoms with van der Waals surface area (Å²) in [5.74, 6) is 0.821. The highest BCUT2D eigenvalue weighted by Crippen LogP contribution is 2.24. The Morgan fingerprint density at radius 1 is 1.32 bits per heavy atom. The van der Waals surface area contributed by atoms with Crippen molar-refractivity contribution in [3.8, 4) is 0 Å². The van der Waals surface area contributed by atoms with Gasteiger partial charge in [0.15, 0.2) is 0 Å². The Kier molecular flexibility index (Phi) is 3.66. The zero-order valence-corrected chi connectivity index (χ0v) is 12.7. The highest BCUT2D eigenvalue weighted by atomic mass is 16.2. The minimum absolute atomic E-state index is 0.0998. The normalized spacial score (nSPS) is 13.9. The molecule has 1 aromatic carbocycles. The molecule has 6 nitrogen and oxygen atoms in total. The fourth-order valence-electron chi connectivity index (χ4n) is 2.64. The van der Waals surface area contributed by atoms with Crippen molar-refractivity contribution in [3.05, 3.63) is 47.2 Å². The Morgan fingerprint density at radius 2 is 2.05 bits per heavy atom. The van der Waals surface area contributed by atoms with Crippen LogP contribution in [0.2, 0.25) is 0 Å².